The number of fused-ring (bicyclic) bond motifs is 3. The van der Waals surface area contributed by atoms with Gasteiger partial charge in [-0.1, -0.05) is 129 Å². The molecule has 3 nitrogen and oxygen atoms in total. The van der Waals surface area contributed by atoms with E-state index < -0.39 is 0 Å². The zero-order valence-electron chi connectivity index (χ0n) is 23.0. The van der Waals surface area contributed by atoms with E-state index in [4.69, 9.17) is 16.5 Å². The van der Waals surface area contributed by atoms with Gasteiger partial charge < -0.3 is 0 Å². The predicted octanol–water partition coefficient (Wildman–Crippen LogP) is 10.0. The van der Waals surface area contributed by atoms with Gasteiger partial charge in [0.2, 0.25) is 0 Å². The van der Waals surface area contributed by atoms with Gasteiger partial charge in [-0.2, -0.15) is 0 Å². The van der Waals surface area contributed by atoms with Crippen LogP contribution in [0, 0.1) is 6.57 Å². The van der Waals surface area contributed by atoms with Crippen molar-refractivity contribution in [2.75, 3.05) is 0 Å². The Kier molecular flexibility index (Phi) is 5.84. The van der Waals surface area contributed by atoms with Crippen LogP contribution >= 0.6 is 0 Å². The highest BCUT2D eigenvalue weighted by atomic mass is 14.9. The van der Waals surface area contributed by atoms with Gasteiger partial charge >= 0.3 is 0 Å². The summed E-state index contributed by atoms with van der Waals surface area (Å²) < 4.78 is 0. The zero-order valence-corrected chi connectivity index (χ0v) is 23.0. The van der Waals surface area contributed by atoms with Crippen LogP contribution in [0.5, 0.6) is 0 Å². The van der Waals surface area contributed by atoms with Crippen LogP contribution in [0.1, 0.15) is 25.0 Å². The summed E-state index contributed by atoms with van der Waals surface area (Å²) in [6, 6.07) is 43.7. The molecule has 0 N–H and O–H groups in total. The van der Waals surface area contributed by atoms with Crippen LogP contribution in [0.2, 0.25) is 0 Å². The number of aromatic nitrogens is 2. The minimum Gasteiger partial charge on any atom is -0.238 e. The number of rotatable bonds is 4. The number of hydrogen-bond donors (Lipinski definition) is 0. The van der Waals surface area contributed by atoms with Crippen molar-refractivity contribution >= 4 is 5.69 Å². The fourth-order valence-electron chi connectivity index (χ4n) is 6.09. The lowest BCUT2D eigenvalue weighted by atomic mass is 9.81. The molecule has 1 aliphatic rings. The molecule has 0 atom stereocenters. The molecule has 41 heavy (non-hydrogen) atoms. The predicted molar refractivity (Wildman–Crippen MR) is 168 cm³/mol. The van der Waals surface area contributed by atoms with Crippen molar-refractivity contribution in [3.05, 3.63) is 150 Å². The minimum atomic E-state index is -0.161. The maximum atomic E-state index is 7.65. The highest BCUT2D eigenvalue weighted by Gasteiger charge is 2.37. The Hall–Kier alpha value is -5.33. The second-order valence-corrected chi connectivity index (χ2v) is 10.9. The molecule has 3 heteroatoms. The van der Waals surface area contributed by atoms with E-state index >= 15 is 0 Å². The molecule has 0 radical (unpaired) electrons. The first-order valence-electron chi connectivity index (χ1n) is 13.8. The topological polar surface area (TPSA) is 30.1 Å². The first-order chi connectivity index (χ1) is 20.0. The third-order valence-electron chi connectivity index (χ3n) is 8.13. The van der Waals surface area contributed by atoms with Gasteiger partial charge in [0.15, 0.2) is 11.5 Å². The van der Waals surface area contributed by atoms with Crippen LogP contribution in [-0.2, 0) is 5.41 Å². The Morgan fingerprint density at radius 3 is 1.90 bits per heavy atom. The maximum absolute atomic E-state index is 7.65. The largest absolute Gasteiger partial charge is 0.238 e. The van der Waals surface area contributed by atoms with Crippen molar-refractivity contribution in [1.82, 2.24) is 9.97 Å². The van der Waals surface area contributed by atoms with Gasteiger partial charge in [0.05, 0.1) is 18.0 Å². The van der Waals surface area contributed by atoms with Crippen molar-refractivity contribution in [2.45, 2.75) is 19.3 Å². The summed E-state index contributed by atoms with van der Waals surface area (Å²) in [5.74, 6) is 0.697. The van der Waals surface area contributed by atoms with E-state index in [-0.39, 0.29) is 5.41 Å². The number of benzene rings is 5. The van der Waals surface area contributed by atoms with Crippen LogP contribution < -0.4 is 0 Å². The van der Waals surface area contributed by atoms with Crippen molar-refractivity contribution in [3.63, 3.8) is 0 Å². The molecule has 1 aromatic heterocycles. The van der Waals surface area contributed by atoms with Crippen LogP contribution in [0.4, 0.5) is 5.69 Å². The van der Waals surface area contributed by atoms with Crippen molar-refractivity contribution < 1.29 is 0 Å². The standard InChI is InChI=1S/C38H27N3/c1-38(2)32-22-21-27(39-3)23-31(32)36-30(19-12-20-33(36)38)28-17-10-11-18-29(28)35-24-34(25-13-6-4-7-14-25)40-37(41-35)26-15-8-5-9-16-26/h4-24H,1-2H3. The zero-order chi connectivity index (χ0) is 28.0. The van der Waals surface area contributed by atoms with E-state index in [9.17, 15) is 0 Å². The summed E-state index contributed by atoms with van der Waals surface area (Å²) >= 11 is 0. The third-order valence-corrected chi connectivity index (χ3v) is 8.13. The van der Waals surface area contributed by atoms with Gasteiger partial charge in [-0.25, -0.2) is 14.8 Å². The van der Waals surface area contributed by atoms with Crippen LogP contribution in [0.15, 0.2) is 127 Å². The van der Waals surface area contributed by atoms with E-state index in [1.54, 1.807) is 0 Å². The van der Waals surface area contributed by atoms with Crippen molar-refractivity contribution in [3.8, 4) is 56.2 Å². The van der Waals surface area contributed by atoms with Crippen LogP contribution in [0.25, 0.3) is 61.0 Å². The molecular weight excluding hydrogens is 498 g/mol. The molecule has 0 saturated heterocycles. The van der Waals surface area contributed by atoms with Crippen molar-refractivity contribution in [2.24, 2.45) is 0 Å². The van der Waals surface area contributed by atoms with E-state index in [0.717, 1.165) is 44.8 Å². The smallest absolute Gasteiger partial charge is 0.187 e. The molecule has 0 fully saturated rings. The first-order valence-corrected chi connectivity index (χ1v) is 13.8. The molecule has 1 heterocycles. The molecule has 6 aromatic rings. The highest BCUT2D eigenvalue weighted by Crippen LogP contribution is 2.53. The lowest BCUT2D eigenvalue weighted by Gasteiger charge is -2.22. The van der Waals surface area contributed by atoms with Crippen LogP contribution in [0.3, 0.4) is 0 Å². The maximum Gasteiger partial charge on any atom is 0.187 e. The summed E-state index contributed by atoms with van der Waals surface area (Å²) in [5.41, 5.74) is 12.5. The monoisotopic (exact) mass is 525 g/mol. The molecule has 5 aromatic carbocycles. The minimum absolute atomic E-state index is 0.161. The Labute approximate surface area is 240 Å². The van der Waals surface area contributed by atoms with Gasteiger partial charge in [-0.15, -0.1) is 0 Å². The van der Waals surface area contributed by atoms with E-state index in [1.165, 1.54) is 16.7 Å². The molecule has 1 aliphatic carbocycles. The Balaban J connectivity index is 1.48. The van der Waals surface area contributed by atoms with Gasteiger partial charge in [0.25, 0.3) is 0 Å². The summed E-state index contributed by atoms with van der Waals surface area (Å²) in [6.45, 7) is 12.2. The van der Waals surface area contributed by atoms with Crippen LogP contribution in [-0.4, -0.2) is 9.97 Å². The normalized spacial score (nSPS) is 12.8. The van der Waals surface area contributed by atoms with Gasteiger partial charge in [0, 0.05) is 22.1 Å². The van der Waals surface area contributed by atoms with Gasteiger partial charge in [0.1, 0.15) is 0 Å². The molecular formula is C38H27N3. The number of hydrogen-bond acceptors (Lipinski definition) is 2. The fraction of sp³-hybridized carbons (Fsp3) is 0.0789. The number of nitrogens with zero attached hydrogens (tertiary/aromatic N) is 3. The molecule has 7 rings (SSSR count). The fourth-order valence-corrected chi connectivity index (χ4v) is 6.09. The average molecular weight is 526 g/mol. The average Bonchev–Trinajstić information content (AvgIpc) is 3.27. The molecule has 0 aliphatic heterocycles. The molecule has 194 valence electrons. The Morgan fingerprint density at radius 1 is 0.537 bits per heavy atom. The third kappa shape index (κ3) is 4.13. The van der Waals surface area contributed by atoms with Gasteiger partial charge in [-0.3, -0.25) is 0 Å². The summed E-state index contributed by atoms with van der Waals surface area (Å²) in [5, 5.41) is 0. The van der Waals surface area contributed by atoms with E-state index in [1.807, 2.05) is 48.5 Å². The molecule has 0 amide bonds. The summed E-state index contributed by atoms with van der Waals surface area (Å²) in [6.07, 6.45) is 0. The van der Waals surface area contributed by atoms with Gasteiger partial charge in [-0.05, 0) is 45.5 Å². The molecule has 0 spiro atoms. The molecule has 0 saturated carbocycles. The van der Waals surface area contributed by atoms with E-state index in [0.29, 0.717) is 11.5 Å². The second kappa shape index (κ2) is 9.70. The quantitative estimate of drug-likeness (QED) is 0.214. The first kappa shape index (κ1) is 24.7. The SMILES string of the molecule is [C-]#[N+]c1ccc2c(c1)-c1c(-c3ccccc3-c3cc(-c4ccccc4)nc(-c4ccccc4)n3)cccc1C2(C)C. The Morgan fingerprint density at radius 2 is 1.17 bits per heavy atom. The lowest BCUT2D eigenvalue weighted by molar-refractivity contribution is 0.660. The summed E-state index contributed by atoms with van der Waals surface area (Å²) in [7, 11) is 0. The second-order valence-electron chi connectivity index (χ2n) is 10.9. The molecule has 0 bridgehead atoms. The summed E-state index contributed by atoms with van der Waals surface area (Å²) in [4.78, 5) is 13.9. The van der Waals surface area contributed by atoms with Crippen molar-refractivity contribution in [1.29, 1.82) is 0 Å². The lowest BCUT2D eigenvalue weighted by Crippen LogP contribution is -2.14. The molecule has 0 unspecified atom stereocenters. The Bertz CT molecular complexity index is 1910. The van der Waals surface area contributed by atoms with E-state index in [2.05, 4.69) is 97.6 Å². The highest BCUT2D eigenvalue weighted by molar-refractivity contribution is 5.97.